The molecule has 23 nitrogen and oxygen atoms in total. The number of likely N-dealkylation sites (N-methyl/N-ethyl adjacent to an activating group) is 2. The Kier molecular flexibility index (Phi) is 19.2. The molecule has 8 heterocycles. The lowest BCUT2D eigenvalue weighted by Gasteiger charge is -2.60. The third-order valence-corrected chi connectivity index (χ3v) is 22.1. The van der Waals surface area contributed by atoms with Crippen LogP contribution in [0.3, 0.4) is 0 Å². The molecule has 0 radical (unpaired) electrons. The van der Waals surface area contributed by atoms with Gasteiger partial charge in [-0.3, -0.25) is 38.8 Å². The van der Waals surface area contributed by atoms with E-state index >= 15 is 0 Å². The van der Waals surface area contributed by atoms with E-state index in [9.17, 15) is 39.9 Å². The number of amides is 1. The molecule has 14 rings (SSSR count). The molecule has 4 aromatic rings. The van der Waals surface area contributed by atoms with Crippen molar-refractivity contribution in [3.8, 4) is 69.6 Å². The number of rotatable bonds is 11. The number of carboxylic acid groups (broad SMARTS) is 1. The average molecular weight is 1310 g/mol. The first kappa shape index (κ1) is 66.9. The Morgan fingerprint density at radius 3 is 1.40 bits per heavy atom. The summed E-state index contributed by atoms with van der Waals surface area (Å²) in [6.07, 6.45) is 14.6. The number of phenolic OH excluding ortho intramolecular Hbond substituents is 2. The minimum absolute atomic E-state index is 0.00672. The molecule has 2 saturated carbocycles. The molecular weight excluding hydrogens is 1220 g/mol. The van der Waals surface area contributed by atoms with Crippen LogP contribution in [0.2, 0.25) is 0 Å². The number of aromatic hydroxyl groups is 2. The number of carbonyl (C=O) groups is 4. The number of hydrogen-bond acceptors (Lipinski definition) is 21. The predicted octanol–water partition coefficient (Wildman–Crippen LogP) is 8.97. The molecular formula is C72H90N8O15. The third kappa shape index (κ3) is 11.8. The van der Waals surface area contributed by atoms with Gasteiger partial charge in [0.05, 0.1) is 50.5 Å². The quantitative estimate of drug-likeness (QED) is 0.0691. The Bertz CT molecular complexity index is 3790. The highest BCUT2D eigenvalue weighted by Gasteiger charge is 2.59. The summed E-state index contributed by atoms with van der Waals surface area (Å²) < 4.78 is 46.8. The molecule has 4 fully saturated rings. The second kappa shape index (κ2) is 27.2. The molecule has 10 aliphatic rings. The SMILES string of the molecule is COc1c(C)cc2c(c1O)[C@@H]1C3Cc4c(OC(C)=O)c(C)c5c(c4[C@H](CN)N3[C@@H](C#N)[C@H](C2)N1C)OCO5.COc1c(C)cc2c(c1O)[C@@H]1C3Cc4c(OC(C)=O)c(C)c5c(c4[C@H](CNC(=O)CC4CCCCC4)N3[C@@H](C#N)[C@H](C2)N1C)OCO5.O=C(O)CC1CCCCC1. The molecule has 6 N–H and O–H groups in total. The van der Waals surface area contributed by atoms with E-state index in [1.54, 1.807) is 14.2 Å². The molecule has 4 bridgehead atoms. The number of carboxylic acids is 1. The average Bonchev–Trinajstić information content (AvgIpc) is 1.40. The minimum Gasteiger partial charge on any atom is -0.504 e. The number of piperazine rings is 2. The van der Waals surface area contributed by atoms with Gasteiger partial charge in [0.2, 0.25) is 19.5 Å². The second-order valence-electron chi connectivity index (χ2n) is 27.5. The number of nitrogens with two attached hydrogens (primary N) is 1. The largest absolute Gasteiger partial charge is 0.504 e. The number of phenols is 2. The zero-order chi connectivity index (χ0) is 67.6. The van der Waals surface area contributed by atoms with Gasteiger partial charge < -0.3 is 64.3 Å². The number of nitriles is 2. The summed E-state index contributed by atoms with van der Waals surface area (Å²) >= 11 is 0. The van der Waals surface area contributed by atoms with Crippen LogP contribution >= 0.6 is 0 Å². The summed E-state index contributed by atoms with van der Waals surface area (Å²) in [4.78, 5) is 57.2. The van der Waals surface area contributed by atoms with Gasteiger partial charge in [-0.1, -0.05) is 50.7 Å². The monoisotopic (exact) mass is 1310 g/mol. The van der Waals surface area contributed by atoms with Crippen LogP contribution in [-0.2, 0) is 44.9 Å². The number of aliphatic carboxylic acids is 1. The van der Waals surface area contributed by atoms with Crippen LogP contribution in [0.5, 0.6) is 57.5 Å². The first-order chi connectivity index (χ1) is 45.7. The summed E-state index contributed by atoms with van der Waals surface area (Å²) in [7, 11) is 7.14. The van der Waals surface area contributed by atoms with Crippen molar-refractivity contribution in [2.75, 3.05) is 55.0 Å². The van der Waals surface area contributed by atoms with Gasteiger partial charge in [-0.15, -0.1) is 0 Å². The Balaban J connectivity index is 0.000000161. The van der Waals surface area contributed by atoms with Crippen LogP contribution < -0.4 is 48.9 Å². The highest BCUT2D eigenvalue weighted by molar-refractivity contribution is 5.78. The maximum absolute atomic E-state index is 13.5. The first-order valence-electron chi connectivity index (χ1n) is 33.7. The zero-order valence-electron chi connectivity index (χ0n) is 56.2. The van der Waals surface area contributed by atoms with Gasteiger partial charge in [0.1, 0.15) is 23.6 Å². The second-order valence-corrected chi connectivity index (χ2v) is 27.5. The van der Waals surface area contributed by atoms with Crippen molar-refractivity contribution in [1.82, 2.24) is 24.9 Å². The Hall–Kier alpha value is -8.06. The molecule has 10 atom stereocenters. The van der Waals surface area contributed by atoms with E-state index in [-0.39, 0.29) is 86.4 Å². The predicted molar refractivity (Wildman–Crippen MR) is 347 cm³/mol. The molecule has 95 heavy (non-hydrogen) atoms. The molecule has 0 spiro atoms. The van der Waals surface area contributed by atoms with Gasteiger partial charge in [0.15, 0.2) is 46.0 Å². The maximum atomic E-state index is 13.5. The molecule has 2 saturated heterocycles. The molecule has 0 aromatic heterocycles. The lowest BCUT2D eigenvalue weighted by molar-refractivity contribution is -0.138. The summed E-state index contributed by atoms with van der Waals surface area (Å²) in [5.74, 6) is 3.57. The normalized spacial score (nSPS) is 26.1. The number of aryl methyl sites for hydroxylation is 2. The highest BCUT2D eigenvalue weighted by Crippen LogP contribution is 2.61. The fourth-order valence-corrected chi connectivity index (χ4v) is 18.2. The smallest absolute Gasteiger partial charge is 0.308 e. The van der Waals surface area contributed by atoms with E-state index in [2.05, 4.69) is 49.2 Å². The van der Waals surface area contributed by atoms with Gasteiger partial charge in [0, 0.05) is 108 Å². The van der Waals surface area contributed by atoms with E-state index in [1.165, 1.54) is 39.5 Å². The summed E-state index contributed by atoms with van der Waals surface area (Å²) in [5.41, 5.74) is 16.3. The van der Waals surface area contributed by atoms with E-state index in [1.807, 2.05) is 41.8 Å². The van der Waals surface area contributed by atoms with Crippen LogP contribution in [0, 0.1) is 62.2 Å². The number of nitrogens with one attached hydrogen (secondary N) is 1. The molecule has 508 valence electrons. The van der Waals surface area contributed by atoms with Crippen molar-refractivity contribution in [1.29, 1.82) is 10.5 Å². The summed E-state index contributed by atoms with van der Waals surface area (Å²) in [6.45, 7) is 10.8. The van der Waals surface area contributed by atoms with Gasteiger partial charge in [-0.05, 0) is 127 Å². The summed E-state index contributed by atoms with van der Waals surface area (Å²) in [6, 6.07) is 6.07. The van der Waals surface area contributed by atoms with Crippen molar-refractivity contribution in [2.45, 2.75) is 205 Å². The molecule has 8 aliphatic heterocycles. The van der Waals surface area contributed by atoms with Crippen molar-refractivity contribution in [3.05, 3.63) is 78.9 Å². The lowest BCUT2D eigenvalue weighted by Crippen LogP contribution is -2.68. The van der Waals surface area contributed by atoms with Crippen molar-refractivity contribution < 1.29 is 72.4 Å². The molecule has 2 aliphatic carbocycles. The van der Waals surface area contributed by atoms with Crippen molar-refractivity contribution >= 4 is 23.8 Å². The Morgan fingerprint density at radius 1 is 0.589 bits per heavy atom. The number of ether oxygens (including phenoxy) is 8. The van der Waals surface area contributed by atoms with E-state index in [0.29, 0.717) is 107 Å². The zero-order valence-corrected chi connectivity index (χ0v) is 56.2. The van der Waals surface area contributed by atoms with E-state index in [0.717, 1.165) is 94.2 Å². The van der Waals surface area contributed by atoms with Crippen LogP contribution in [0.25, 0.3) is 0 Å². The number of carbonyl (C=O) groups excluding carboxylic acids is 3. The van der Waals surface area contributed by atoms with Crippen LogP contribution in [0.1, 0.15) is 182 Å². The van der Waals surface area contributed by atoms with Crippen LogP contribution in [-0.4, -0.2) is 150 Å². The van der Waals surface area contributed by atoms with Crippen molar-refractivity contribution in [2.24, 2.45) is 17.6 Å². The number of hydrogen-bond donors (Lipinski definition) is 5. The molecule has 1 amide bonds. The van der Waals surface area contributed by atoms with E-state index < -0.39 is 36.0 Å². The molecule has 4 aromatic carbocycles. The van der Waals surface area contributed by atoms with Crippen LogP contribution in [0.4, 0.5) is 0 Å². The maximum Gasteiger partial charge on any atom is 0.308 e. The highest BCUT2D eigenvalue weighted by atomic mass is 16.7. The van der Waals surface area contributed by atoms with Crippen molar-refractivity contribution in [3.63, 3.8) is 0 Å². The van der Waals surface area contributed by atoms with Gasteiger partial charge in [0.25, 0.3) is 0 Å². The number of nitrogens with zero attached hydrogens (tertiary/aromatic N) is 6. The van der Waals surface area contributed by atoms with Gasteiger partial charge >= 0.3 is 17.9 Å². The number of esters is 2. The topological polar surface area (TPSA) is 301 Å². The molecule has 23 heteroatoms. The van der Waals surface area contributed by atoms with Crippen LogP contribution in [0.15, 0.2) is 12.1 Å². The Morgan fingerprint density at radius 2 is 1.00 bits per heavy atom. The van der Waals surface area contributed by atoms with Gasteiger partial charge in [-0.2, -0.15) is 10.5 Å². The fraction of sp³-hybridized carbons (Fsp3) is 0.583. The fourth-order valence-electron chi connectivity index (χ4n) is 18.2. The van der Waals surface area contributed by atoms with Gasteiger partial charge in [-0.25, -0.2) is 0 Å². The van der Waals surface area contributed by atoms with E-state index in [4.69, 9.17) is 48.7 Å². The standard InChI is InChI=1S/C36H44N4O7.C28H32N4O6.C8H14O2/c1-18-11-22-13-24-26(15-37)40-25(31(39(24)4)29(22)32(43)33(18)44-5)14-23-30(27(40)16-38-28(42)12-21-9-7-6-8-10-21)36-35(45-17-46-36)19(2)34(23)47-20(3)41;1-12-6-15-7-17-19(9-29)32-18(23(31(17)4)21(15)24(34)25(12)35-5)8-16-22(20(32)10-30)28-27(36-11-37-28)13(2)26(16)38-14(3)33;9-8(10)6-7-4-2-1-3-5-7/h11,21,24-27,31,43H,6-10,12-14,16-17H2,1-5H3,(H,38,42);6,17-20,23,34H,7-8,10-11,30H2,1-5H3;7H,1-6H2,(H,9,10)/t24-,25?,26-,27-,31-;17-,18?,19-,20-,23-;/m00./s1. The Labute approximate surface area is 555 Å². The minimum atomic E-state index is -0.632. The number of methoxy groups -OCH3 is 2. The first-order valence-corrected chi connectivity index (χ1v) is 33.7. The third-order valence-electron chi connectivity index (χ3n) is 22.1. The molecule has 2 unspecified atom stereocenters. The number of fused-ring (bicyclic) bond motifs is 18. The lowest BCUT2D eigenvalue weighted by atomic mass is 9.71. The summed E-state index contributed by atoms with van der Waals surface area (Å²) in [5, 5.41) is 56.2. The number of benzene rings is 4.